The van der Waals surface area contributed by atoms with Gasteiger partial charge in [-0.1, -0.05) is 6.42 Å². The zero-order valence-electron chi connectivity index (χ0n) is 12.4. The van der Waals surface area contributed by atoms with Crippen molar-refractivity contribution in [2.75, 3.05) is 6.54 Å². The molecule has 1 amide bonds. The normalized spacial score (nSPS) is 26.1. The Bertz CT molecular complexity index is 541. The maximum Gasteiger partial charge on any atom is 0.274 e. The summed E-state index contributed by atoms with van der Waals surface area (Å²) in [7, 11) is 0. The van der Waals surface area contributed by atoms with E-state index in [1.807, 2.05) is 11.8 Å². The van der Waals surface area contributed by atoms with Crippen molar-refractivity contribution in [3.63, 3.8) is 0 Å². The first-order chi connectivity index (χ1) is 10.2. The van der Waals surface area contributed by atoms with Crippen LogP contribution >= 0.6 is 0 Å². The summed E-state index contributed by atoms with van der Waals surface area (Å²) >= 11 is 0. The van der Waals surface area contributed by atoms with E-state index in [1.54, 1.807) is 6.20 Å². The number of carbonyl (C=O) groups is 2. The Balaban J connectivity index is 1.78. The van der Waals surface area contributed by atoms with Crippen LogP contribution < -0.4 is 0 Å². The van der Waals surface area contributed by atoms with Crippen molar-refractivity contribution in [1.29, 1.82) is 0 Å². The first kappa shape index (κ1) is 14.2. The molecule has 1 aromatic rings. The van der Waals surface area contributed by atoms with Crippen molar-refractivity contribution < 1.29 is 9.59 Å². The molecule has 2 aliphatic rings. The highest BCUT2D eigenvalue weighted by Gasteiger charge is 2.39. The maximum atomic E-state index is 12.6. The molecule has 5 heteroatoms. The van der Waals surface area contributed by atoms with Gasteiger partial charge in [0.15, 0.2) is 0 Å². The van der Waals surface area contributed by atoms with E-state index < -0.39 is 0 Å². The first-order valence-corrected chi connectivity index (χ1v) is 7.79. The molecule has 3 rings (SSSR count). The molecular weight excluding hydrogens is 266 g/mol. The van der Waals surface area contributed by atoms with E-state index >= 15 is 0 Å². The van der Waals surface area contributed by atoms with Crippen LogP contribution in [0.5, 0.6) is 0 Å². The molecule has 1 saturated carbocycles. The minimum Gasteiger partial charge on any atom is -0.334 e. The van der Waals surface area contributed by atoms with Gasteiger partial charge in [0.25, 0.3) is 5.91 Å². The lowest BCUT2D eigenvalue weighted by molar-refractivity contribution is -0.126. The third kappa shape index (κ3) is 2.82. The van der Waals surface area contributed by atoms with E-state index in [9.17, 15) is 9.59 Å². The summed E-state index contributed by atoms with van der Waals surface area (Å²) in [6.45, 7) is 2.57. The molecule has 0 N–H and O–H groups in total. The molecule has 0 aromatic carbocycles. The molecule has 1 aliphatic carbocycles. The van der Waals surface area contributed by atoms with Crippen LogP contribution in [0.1, 0.15) is 54.7 Å². The Hall–Kier alpha value is -1.78. The second kappa shape index (κ2) is 5.92. The molecule has 1 saturated heterocycles. The summed E-state index contributed by atoms with van der Waals surface area (Å²) < 4.78 is 0. The van der Waals surface area contributed by atoms with Gasteiger partial charge in [0.05, 0.1) is 11.9 Å². The average molecular weight is 287 g/mol. The zero-order chi connectivity index (χ0) is 14.8. The van der Waals surface area contributed by atoms with Crippen molar-refractivity contribution in [2.45, 2.75) is 51.5 Å². The highest BCUT2D eigenvalue weighted by molar-refractivity contribution is 5.93. The van der Waals surface area contributed by atoms with Crippen molar-refractivity contribution in [3.05, 3.63) is 23.8 Å². The molecule has 0 spiro atoms. The number of hydrogen-bond acceptors (Lipinski definition) is 4. The van der Waals surface area contributed by atoms with Crippen LogP contribution in [0.25, 0.3) is 0 Å². The number of ketones is 1. The Morgan fingerprint density at radius 2 is 2.05 bits per heavy atom. The number of Topliss-reactive ketones (excluding diaryl/α,β-unsaturated/α-hetero) is 1. The van der Waals surface area contributed by atoms with Gasteiger partial charge in [-0.25, -0.2) is 4.98 Å². The first-order valence-electron chi connectivity index (χ1n) is 7.79. The molecule has 2 unspecified atom stereocenters. The Morgan fingerprint density at radius 1 is 1.19 bits per heavy atom. The van der Waals surface area contributed by atoms with E-state index in [0.717, 1.165) is 44.3 Å². The minimum absolute atomic E-state index is 0.0311. The van der Waals surface area contributed by atoms with Crippen LogP contribution in [-0.2, 0) is 4.79 Å². The summed E-state index contributed by atoms with van der Waals surface area (Å²) in [5.41, 5.74) is 1.18. The van der Waals surface area contributed by atoms with Gasteiger partial charge in [-0.3, -0.25) is 14.6 Å². The number of aryl methyl sites for hydroxylation is 1. The monoisotopic (exact) mass is 287 g/mol. The van der Waals surface area contributed by atoms with Gasteiger partial charge in [0, 0.05) is 31.1 Å². The molecular formula is C16H21N3O2. The lowest BCUT2D eigenvalue weighted by atomic mass is 9.82. The lowest BCUT2D eigenvalue weighted by Gasteiger charge is -2.32. The fraction of sp³-hybridized carbons (Fsp3) is 0.625. The van der Waals surface area contributed by atoms with Gasteiger partial charge in [0.1, 0.15) is 11.5 Å². The van der Waals surface area contributed by atoms with Gasteiger partial charge < -0.3 is 4.90 Å². The summed E-state index contributed by atoms with van der Waals surface area (Å²) in [4.78, 5) is 35.0. The fourth-order valence-corrected chi connectivity index (χ4v) is 3.53. The van der Waals surface area contributed by atoms with Crippen molar-refractivity contribution in [2.24, 2.45) is 5.92 Å². The minimum atomic E-state index is -0.0802. The SMILES string of the molecule is Cc1cnc(C(=O)N2CCCC2C2CCCCC2=O)cn1. The number of likely N-dealkylation sites (tertiary alicyclic amines) is 1. The molecule has 0 bridgehead atoms. The van der Waals surface area contributed by atoms with Crippen molar-refractivity contribution in [3.8, 4) is 0 Å². The van der Waals surface area contributed by atoms with Crippen LogP contribution in [0, 0.1) is 12.8 Å². The summed E-state index contributed by atoms with van der Waals surface area (Å²) in [5, 5.41) is 0. The fourth-order valence-electron chi connectivity index (χ4n) is 3.53. The van der Waals surface area contributed by atoms with Gasteiger partial charge >= 0.3 is 0 Å². The molecule has 2 heterocycles. The van der Waals surface area contributed by atoms with Crippen LogP contribution in [0.4, 0.5) is 0 Å². The molecule has 5 nitrogen and oxygen atoms in total. The van der Waals surface area contributed by atoms with E-state index in [0.29, 0.717) is 17.9 Å². The van der Waals surface area contributed by atoms with E-state index in [4.69, 9.17) is 0 Å². The Kier molecular flexibility index (Phi) is 3.99. The van der Waals surface area contributed by atoms with E-state index in [1.165, 1.54) is 6.20 Å². The van der Waals surface area contributed by atoms with E-state index in [2.05, 4.69) is 9.97 Å². The Morgan fingerprint density at radius 3 is 2.76 bits per heavy atom. The topological polar surface area (TPSA) is 63.2 Å². The quantitative estimate of drug-likeness (QED) is 0.836. The van der Waals surface area contributed by atoms with Crippen molar-refractivity contribution in [1.82, 2.24) is 14.9 Å². The number of amides is 1. The molecule has 21 heavy (non-hydrogen) atoms. The van der Waals surface area contributed by atoms with Crippen LogP contribution in [0.15, 0.2) is 12.4 Å². The van der Waals surface area contributed by atoms with Crippen LogP contribution in [-0.4, -0.2) is 39.1 Å². The molecule has 112 valence electrons. The summed E-state index contributed by atoms with van der Waals surface area (Å²) in [6.07, 6.45) is 8.75. The highest BCUT2D eigenvalue weighted by Crippen LogP contribution is 2.32. The van der Waals surface area contributed by atoms with E-state index in [-0.39, 0.29) is 17.9 Å². The third-order valence-electron chi connectivity index (χ3n) is 4.63. The number of carbonyl (C=O) groups excluding carboxylic acids is 2. The molecule has 2 atom stereocenters. The number of rotatable bonds is 2. The predicted octanol–water partition coefficient (Wildman–Crippen LogP) is 2.15. The predicted molar refractivity (Wildman–Crippen MR) is 77.8 cm³/mol. The largest absolute Gasteiger partial charge is 0.334 e. The second-order valence-corrected chi connectivity index (χ2v) is 6.07. The average Bonchev–Trinajstić information content (AvgIpc) is 2.97. The summed E-state index contributed by atoms with van der Waals surface area (Å²) in [6, 6.07) is 0.0633. The maximum absolute atomic E-state index is 12.6. The third-order valence-corrected chi connectivity index (χ3v) is 4.63. The van der Waals surface area contributed by atoms with Gasteiger partial charge in [-0.2, -0.15) is 0 Å². The van der Waals surface area contributed by atoms with Crippen molar-refractivity contribution >= 4 is 11.7 Å². The zero-order valence-corrected chi connectivity index (χ0v) is 12.4. The molecule has 0 radical (unpaired) electrons. The number of nitrogens with zero attached hydrogens (tertiary/aromatic N) is 3. The second-order valence-electron chi connectivity index (χ2n) is 6.07. The Labute approximate surface area is 124 Å². The van der Waals surface area contributed by atoms with Gasteiger partial charge in [0.2, 0.25) is 0 Å². The van der Waals surface area contributed by atoms with Gasteiger partial charge in [-0.15, -0.1) is 0 Å². The van der Waals surface area contributed by atoms with Crippen LogP contribution in [0.3, 0.4) is 0 Å². The summed E-state index contributed by atoms with van der Waals surface area (Å²) in [5.74, 6) is 0.285. The standard InChI is InChI=1S/C16H21N3O2/c1-11-9-18-13(10-17-11)16(21)19-8-4-6-14(19)12-5-2-3-7-15(12)20/h9-10,12,14H,2-8H2,1H3. The lowest BCUT2D eigenvalue weighted by Crippen LogP contribution is -2.44. The van der Waals surface area contributed by atoms with Crippen LogP contribution in [0.2, 0.25) is 0 Å². The molecule has 1 aliphatic heterocycles. The smallest absolute Gasteiger partial charge is 0.274 e. The number of aromatic nitrogens is 2. The van der Waals surface area contributed by atoms with Gasteiger partial charge in [-0.05, 0) is 32.6 Å². The highest BCUT2D eigenvalue weighted by atomic mass is 16.2. The number of hydrogen-bond donors (Lipinski definition) is 0. The molecule has 2 fully saturated rings. The molecule has 1 aromatic heterocycles.